The molecule has 2 nitrogen and oxygen atoms in total. The Kier molecular flexibility index (Phi) is 4.76. The summed E-state index contributed by atoms with van der Waals surface area (Å²) in [6.45, 7) is 4.37. The smallest absolute Gasteiger partial charge is 0.0338 e. The molecule has 2 N–H and O–H groups in total. The lowest BCUT2D eigenvalue weighted by molar-refractivity contribution is 0.234. The highest BCUT2D eigenvalue weighted by atomic mass is 14.7. The van der Waals surface area contributed by atoms with Crippen molar-refractivity contribution >= 4 is 0 Å². The van der Waals surface area contributed by atoms with Crippen molar-refractivity contribution in [1.29, 1.82) is 0 Å². The topological polar surface area (TPSA) is 38.9 Å². The van der Waals surface area contributed by atoms with E-state index in [2.05, 4.69) is 24.9 Å². The van der Waals surface area contributed by atoms with Crippen LogP contribution in [0, 0.1) is 18.8 Å². The van der Waals surface area contributed by atoms with Crippen molar-refractivity contribution in [2.75, 3.05) is 0 Å². The first-order valence-electron chi connectivity index (χ1n) is 7.37. The molecule has 0 spiro atoms. The first kappa shape index (κ1) is 13.5. The molecule has 0 bridgehead atoms. The molecule has 1 aliphatic carbocycles. The number of nitrogens with zero attached hydrogens (tertiary/aromatic N) is 1. The zero-order valence-corrected chi connectivity index (χ0v) is 11.7. The van der Waals surface area contributed by atoms with Crippen molar-refractivity contribution in [2.45, 2.75) is 58.4 Å². The molecular weight excluding hydrogens is 220 g/mol. The van der Waals surface area contributed by atoms with Crippen LogP contribution in [0.2, 0.25) is 0 Å². The summed E-state index contributed by atoms with van der Waals surface area (Å²) in [6.07, 6.45) is 11.9. The van der Waals surface area contributed by atoms with Crippen LogP contribution in [0.15, 0.2) is 18.5 Å². The summed E-state index contributed by atoms with van der Waals surface area (Å²) in [7, 11) is 0. The molecule has 1 atom stereocenters. The van der Waals surface area contributed by atoms with E-state index in [0.29, 0.717) is 5.92 Å². The third-order valence-corrected chi connectivity index (χ3v) is 4.38. The fourth-order valence-electron chi connectivity index (χ4n) is 3.28. The van der Waals surface area contributed by atoms with Crippen LogP contribution in [-0.4, -0.2) is 4.98 Å². The van der Waals surface area contributed by atoms with E-state index in [1.165, 1.54) is 49.7 Å². The Bertz CT molecular complexity index is 367. The third-order valence-electron chi connectivity index (χ3n) is 4.38. The molecule has 1 aromatic heterocycles. The zero-order chi connectivity index (χ0) is 13.0. The second-order valence-corrected chi connectivity index (χ2v) is 5.89. The molecule has 1 fully saturated rings. The van der Waals surface area contributed by atoms with E-state index >= 15 is 0 Å². The predicted octanol–water partition coefficient (Wildman–Crippen LogP) is 4.00. The van der Waals surface area contributed by atoms with Crippen LogP contribution in [0.3, 0.4) is 0 Å². The van der Waals surface area contributed by atoms with Crippen LogP contribution >= 0.6 is 0 Å². The van der Waals surface area contributed by atoms with Gasteiger partial charge in [0.15, 0.2) is 0 Å². The molecule has 18 heavy (non-hydrogen) atoms. The van der Waals surface area contributed by atoms with Gasteiger partial charge >= 0.3 is 0 Å². The molecule has 0 amide bonds. The van der Waals surface area contributed by atoms with Crippen molar-refractivity contribution < 1.29 is 0 Å². The van der Waals surface area contributed by atoms with Crippen LogP contribution in [0.25, 0.3) is 0 Å². The summed E-state index contributed by atoms with van der Waals surface area (Å²) >= 11 is 0. The summed E-state index contributed by atoms with van der Waals surface area (Å²) in [5.41, 5.74) is 8.85. The SMILES string of the molecule is CCCC1CCC(C(N)c2cncc(C)c2)CC1. The normalized spacial score (nSPS) is 25.9. The van der Waals surface area contributed by atoms with Gasteiger partial charge in [-0.1, -0.05) is 38.7 Å². The molecule has 100 valence electrons. The molecule has 1 saturated carbocycles. The minimum Gasteiger partial charge on any atom is -0.324 e. The van der Waals surface area contributed by atoms with Gasteiger partial charge in [-0.15, -0.1) is 0 Å². The van der Waals surface area contributed by atoms with E-state index in [1.54, 1.807) is 0 Å². The Labute approximate surface area is 111 Å². The van der Waals surface area contributed by atoms with Crippen LogP contribution < -0.4 is 5.73 Å². The molecule has 0 aromatic carbocycles. The standard InChI is InChI=1S/C16H26N2/c1-3-4-13-5-7-14(8-6-13)16(17)15-9-12(2)10-18-11-15/h9-11,13-14,16H,3-8,17H2,1-2H3. The Balaban J connectivity index is 1.93. The Morgan fingerprint density at radius 3 is 2.61 bits per heavy atom. The van der Waals surface area contributed by atoms with Crippen LogP contribution in [-0.2, 0) is 0 Å². The molecule has 1 aromatic rings. The summed E-state index contributed by atoms with van der Waals surface area (Å²) < 4.78 is 0. The molecule has 0 aliphatic heterocycles. The summed E-state index contributed by atoms with van der Waals surface area (Å²) in [5, 5.41) is 0. The first-order chi connectivity index (χ1) is 8.70. The molecular formula is C16H26N2. The second kappa shape index (κ2) is 6.33. The highest BCUT2D eigenvalue weighted by Crippen LogP contribution is 2.37. The highest BCUT2D eigenvalue weighted by molar-refractivity contribution is 5.20. The Morgan fingerprint density at radius 2 is 2.00 bits per heavy atom. The lowest BCUT2D eigenvalue weighted by Crippen LogP contribution is -2.26. The number of nitrogens with two attached hydrogens (primary N) is 1. The van der Waals surface area contributed by atoms with Crippen molar-refractivity contribution in [1.82, 2.24) is 4.98 Å². The van der Waals surface area contributed by atoms with Crippen LogP contribution in [0.5, 0.6) is 0 Å². The predicted molar refractivity (Wildman–Crippen MR) is 76.3 cm³/mol. The maximum atomic E-state index is 6.42. The monoisotopic (exact) mass is 246 g/mol. The van der Waals surface area contributed by atoms with E-state index in [1.807, 2.05) is 12.4 Å². The molecule has 1 aliphatic rings. The van der Waals surface area contributed by atoms with Crippen molar-refractivity contribution in [2.24, 2.45) is 17.6 Å². The lowest BCUT2D eigenvalue weighted by atomic mass is 9.76. The van der Waals surface area contributed by atoms with Gasteiger partial charge in [-0.3, -0.25) is 4.98 Å². The van der Waals surface area contributed by atoms with E-state index in [0.717, 1.165) is 5.92 Å². The van der Waals surface area contributed by atoms with Crippen molar-refractivity contribution in [3.63, 3.8) is 0 Å². The molecule has 2 heteroatoms. The highest BCUT2D eigenvalue weighted by Gasteiger charge is 2.26. The van der Waals surface area contributed by atoms with E-state index in [4.69, 9.17) is 5.73 Å². The summed E-state index contributed by atoms with van der Waals surface area (Å²) in [6, 6.07) is 2.37. The van der Waals surface area contributed by atoms with Crippen molar-refractivity contribution in [3.8, 4) is 0 Å². The van der Waals surface area contributed by atoms with Gasteiger partial charge < -0.3 is 5.73 Å². The van der Waals surface area contributed by atoms with Gasteiger partial charge in [0.2, 0.25) is 0 Å². The zero-order valence-electron chi connectivity index (χ0n) is 11.7. The minimum absolute atomic E-state index is 0.181. The van der Waals surface area contributed by atoms with Crippen LogP contribution in [0.1, 0.15) is 62.6 Å². The number of rotatable bonds is 4. The quantitative estimate of drug-likeness (QED) is 0.872. The second-order valence-electron chi connectivity index (χ2n) is 5.89. The Hall–Kier alpha value is -0.890. The molecule has 0 radical (unpaired) electrons. The van der Waals surface area contributed by atoms with Gasteiger partial charge in [0.25, 0.3) is 0 Å². The number of aromatic nitrogens is 1. The summed E-state index contributed by atoms with van der Waals surface area (Å²) in [4.78, 5) is 4.26. The van der Waals surface area contributed by atoms with E-state index in [9.17, 15) is 0 Å². The van der Waals surface area contributed by atoms with Gasteiger partial charge in [0.05, 0.1) is 0 Å². The number of pyridine rings is 1. The van der Waals surface area contributed by atoms with Gasteiger partial charge in [0.1, 0.15) is 0 Å². The number of aryl methyl sites for hydroxylation is 1. The van der Waals surface area contributed by atoms with E-state index in [-0.39, 0.29) is 6.04 Å². The van der Waals surface area contributed by atoms with E-state index < -0.39 is 0 Å². The van der Waals surface area contributed by atoms with Gasteiger partial charge in [0, 0.05) is 18.4 Å². The fourth-order valence-corrected chi connectivity index (χ4v) is 3.28. The van der Waals surface area contributed by atoms with Gasteiger partial charge in [-0.05, 0) is 42.7 Å². The minimum atomic E-state index is 0.181. The average molecular weight is 246 g/mol. The number of hydrogen-bond acceptors (Lipinski definition) is 2. The van der Waals surface area contributed by atoms with Gasteiger partial charge in [-0.25, -0.2) is 0 Å². The number of hydrogen-bond donors (Lipinski definition) is 1. The first-order valence-corrected chi connectivity index (χ1v) is 7.37. The lowest BCUT2D eigenvalue weighted by Gasteiger charge is -2.32. The molecule has 1 heterocycles. The molecule has 0 saturated heterocycles. The van der Waals surface area contributed by atoms with Crippen molar-refractivity contribution in [3.05, 3.63) is 29.6 Å². The Morgan fingerprint density at radius 1 is 1.28 bits per heavy atom. The maximum Gasteiger partial charge on any atom is 0.0338 e. The largest absolute Gasteiger partial charge is 0.324 e. The molecule has 1 unspecified atom stereocenters. The van der Waals surface area contributed by atoms with Crippen LogP contribution in [0.4, 0.5) is 0 Å². The fraction of sp³-hybridized carbons (Fsp3) is 0.688. The third kappa shape index (κ3) is 3.32. The molecule has 2 rings (SSSR count). The summed E-state index contributed by atoms with van der Waals surface area (Å²) in [5.74, 6) is 1.61. The van der Waals surface area contributed by atoms with Gasteiger partial charge in [-0.2, -0.15) is 0 Å². The maximum absolute atomic E-state index is 6.42. The average Bonchev–Trinajstić information content (AvgIpc) is 2.39.